The molecule has 4 N–H and O–H groups in total. The van der Waals surface area contributed by atoms with Gasteiger partial charge in [0.05, 0.1) is 11.6 Å². The molecular formula is C10H11FN2O2. The molecule has 0 aliphatic carbocycles. The highest BCUT2D eigenvalue weighted by atomic mass is 19.1. The van der Waals surface area contributed by atoms with Crippen molar-refractivity contribution in [1.82, 2.24) is 0 Å². The van der Waals surface area contributed by atoms with Crippen LogP contribution in [0.5, 0.6) is 0 Å². The van der Waals surface area contributed by atoms with Gasteiger partial charge in [-0.25, -0.2) is 4.39 Å². The van der Waals surface area contributed by atoms with E-state index < -0.39 is 17.7 Å². The van der Waals surface area contributed by atoms with Gasteiger partial charge in [-0.05, 0) is 24.1 Å². The molecule has 0 radical (unpaired) electrons. The molecule has 1 aliphatic rings. The predicted octanol–water partition coefficient (Wildman–Crippen LogP) is 1.39. The van der Waals surface area contributed by atoms with E-state index in [1.54, 1.807) is 0 Å². The number of nitrogens with two attached hydrogens (primary N) is 1. The molecule has 0 spiro atoms. The van der Waals surface area contributed by atoms with Crippen LogP contribution in [0.1, 0.15) is 17.9 Å². The standard InChI is InChI=1S/C10H11FN2O2/c11-8-4-5(12)3-7-6(10(14)15)1-2-13-9(7)8/h3-4,6,13H,1-2,12H2,(H,14,15). The summed E-state index contributed by atoms with van der Waals surface area (Å²) in [5.74, 6) is -2.10. The van der Waals surface area contributed by atoms with E-state index in [1.807, 2.05) is 0 Å². The average molecular weight is 210 g/mol. The third kappa shape index (κ3) is 1.60. The third-order valence-corrected chi connectivity index (χ3v) is 2.55. The Kier molecular flexibility index (Phi) is 2.22. The van der Waals surface area contributed by atoms with Gasteiger partial charge in [0.2, 0.25) is 0 Å². The number of halogens is 1. The van der Waals surface area contributed by atoms with Gasteiger partial charge in [0, 0.05) is 12.2 Å². The van der Waals surface area contributed by atoms with Crippen molar-refractivity contribution in [3.63, 3.8) is 0 Å². The SMILES string of the molecule is Nc1cc(F)c2c(c1)C(C(=O)O)CCN2. The lowest BCUT2D eigenvalue weighted by Gasteiger charge is -2.24. The number of carboxylic acids is 1. The highest BCUT2D eigenvalue weighted by Gasteiger charge is 2.28. The summed E-state index contributed by atoms with van der Waals surface area (Å²) in [4.78, 5) is 10.9. The smallest absolute Gasteiger partial charge is 0.311 e. The molecule has 0 aromatic heterocycles. The summed E-state index contributed by atoms with van der Waals surface area (Å²) in [7, 11) is 0. The molecule has 0 fully saturated rings. The molecule has 0 bridgehead atoms. The lowest BCUT2D eigenvalue weighted by molar-refractivity contribution is -0.138. The molecule has 2 rings (SSSR count). The van der Waals surface area contributed by atoms with Crippen LogP contribution in [0.4, 0.5) is 15.8 Å². The summed E-state index contributed by atoms with van der Waals surface area (Å²) in [6.07, 6.45) is 0.450. The number of benzene rings is 1. The van der Waals surface area contributed by atoms with Gasteiger partial charge < -0.3 is 16.2 Å². The Balaban J connectivity index is 2.55. The Hall–Kier alpha value is -1.78. The zero-order chi connectivity index (χ0) is 11.0. The second kappa shape index (κ2) is 3.42. The van der Waals surface area contributed by atoms with E-state index in [9.17, 15) is 9.18 Å². The summed E-state index contributed by atoms with van der Waals surface area (Å²) in [6, 6.07) is 2.71. The minimum atomic E-state index is -0.942. The zero-order valence-corrected chi connectivity index (χ0v) is 7.96. The van der Waals surface area contributed by atoms with E-state index in [0.717, 1.165) is 0 Å². The van der Waals surface area contributed by atoms with Crippen molar-refractivity contribution in [1.29, 1.82) is 0 Å². The average Bonchev–Trinajstić information content (AvgIpc) is 2.16. The fourth-order valence-electron chi connectivity index (χ4n) is 1.86. The number of rotatable bonds is 1. The first-order valence-corrected chi connectivity index (χ1v) is 4.65. The van der Waals surface area contributed by atoms with Gasteiger partial charge >= 0.3 is 5.97 Å². The van der Waals surface area contributed by atoms with Crippen LogP contribution in [0, 0.1) is 5.82 Å². The minimum Gasteiger partial charge on any atom is -0.481 e. The van der Waals surface area contributed by atoms with Gasteiger partial charge in [-0.3, -0.25) is 4.79 Å². The number of nitrogen functional groups attached to an aromatic ring is 1. The van der Waals surface area contributed by atoms with E-state index in [0.29, 0.717) is 18.5 Å². The molecule has 15 heavy (non-hydrogen) atoms. The van der Waals surface area contributed by atoms with Crippen molar-refractivity contribution >= 4 is 17.3 Å². The number of fused-ring (bicyclic) bond motifs is 1. The first-order valence-electron chi connectivity index (χ1n) is 4.65. The van der Waals surface area contributed by atoms with Crippen LogP contribution in [-0.4, -0.2) is 17.6 Å². The summed E-state index contributed by atoms with van der Waals surface area (Å²) >= 11 is 0. The van der Waals surface area contributed by atoms with Crippen LogP contribution >= 0.6 is 0 Å². The lowest BCUT2D eigenvalue weighted by Crippen LogP contribution is -2.23. The molecular weight excluding hydrogens is 199 g/mol. The van der Waals surface area contributed by atoms with Crippen molar-refractivity contribution in [2.75, 3.05) is 17.6 Å². The third-order valence-electron chi connectivity index (χ3n) is 2.55. The fourth-order valence-corrected chi connectivity index (χ4v) is 1.86. The number of hydrogen-bond acceptors (Lipinski definition) is 3. The molecule has 1 aromatic rings. The second-order valence-electron chi connectivity index (χ2n) is 3.57. The molecule has 0 saturated carbocycles. The van der Waals surface area contributed by atoms with Crippen LogP contribution in [0.2, 0.25) is 0 Å². The van der Waals surface area contributed by atoms with Crippen LogP contribution in [-0.2, 0) is 4.79 Å². The van der Waals surface area contributed by atoms with Gasteiger partial charge in [0.15, 0.2) is 0 Å². The predicted molar refractivity (Wildman–Crippen MR) is 54.3 cm³/mol. The maximum atomic E-state index is 13.4. The Bertz CT molecular complexity index is 420. The minimum absolute atomic E-state index is 0.251. The second-order valence-corrected chi connectivity index (χ2v) is 3.57. The zero-order valence-electron chi connectivity index (χ0n) is 7.96. The Labute approximate surface area is 85.9 Å². The van der Waals surface area contributed by atoms with Crippen molar-refractivity contribution < 1.29 is 14.3 Å². The molecule has 4 nitrogen and oxygen atoms in total. The van der Waals surface area contributed by atoms with E-state index in [-0.39, 0.29) is 11.4 Å². The first kappa shape index (κ1) is 9.76. The maximum Gasteiger partial charge on any atom is 0.311 e. The van der Waals surface area contributed by atoms with Crippen molar-refractivity contribution in [3.05, 3.63) is 23.5 Å². The van der Waals surface area contributed by atoms with Crippen LogP contribution in [0.25, 0.3) is 0 Å². The quantitative estimate of drug-likeness (QED) is 0.612. The number of nitrogens with one attached hydrogen (secondary N) is 1. The van der Waals surface area contributed by atoms with E-state index in [1.165, 1.54) is 12.1 Å². The Morgan fingerprint density at radius 1 is 1.60 bits per heavy atom. The summed E-state index contributed by atoms with van der Waals surface area (Å²) < 4.78 is 13.4. The molecule has 1 unspecified atom stereocenters. The van der Waals surface area contributed by atoms with Gasteiger partial charge in [0.1, 0.15) is 5.82 Å². The molecule has 0 amide bonds. The Morgan fingerprint density at radius 3 is 3.00 bits per heavy atom. The van der Waals surface area contributed by atoms with Gasteiger partial charge in [-0.15, -0.1) is 0 Å². The normalized spacial score (nSPS) is 19.1. The van der Waals surface area contributed by atoms with Gasteiger partial charge in [-0.2, -0.15) is 0 Å². The van der Waals surface area contributed by atoms with Gasteiger partial charge in [0.25, 0.3) is 0 Å². The largest absolute Gasteiger partial charge is 0.481 e. The van der Waals surface area contributed by atoms with Crippen molar-refractivity contribution in [2.24, 2.45) is 0 Å². The monoisotopic (exact) mass is 210 g/mol. The van der Waals surface area contributed by atoms with Crippen LogP contribution < -0.4 is 11.1 Å². The van der Waals surface area contributed by atoms with E-state index in [2.05, 4.69) is 5.32 Å². The molecule has 1 heterocycles. The molecule has 1 aromatic carbocycles. The topological polar surface area (TPSA) is 75.4 Å². The van der Waals surface area contributed by atoms with E-state index >= 15 is 0 Å². The number of anilines is 2. The first-order chi connectivity index (χ1) is 7.09. The molecule has 1 aliphatic heterocycles. The van der Waals surface area contributed by atoms with Crippen molar-refractivity contribution in [3.8, 4) is 0 Å². The van der Waals surface area contributed by atoms with Gasteiger partial charge in [-0.1, -0.05) is 0 Å². The van der Waals surface area contributed by atoms with Crippen LogP contribution in [0.3, 0.4) is 0 Å². The number of hydrogen-bond donors (Lipinski definition) is 3. The number of carboxylic acid groups (broad SMARTS) is 1. The summed E-state index contributed by atoms with van der Waals surface area (Å²) in [5, 5.41) is 11.8. The number of aliphatic carboxylic acids is 1. The van der Waals surface area contributed by atoms with E-state index in [4.69, 9.17) is 10.8 Å². The maximum absolute atomic E-state index is 13.4. The fraction of sp³-hybridized carbons (Fsp3) is 0.300. The van der Waals surface area contributed by atoms with Crippen molar-refractivity contribution in [2.45, 2.75) is 12.3 Å². The lowest BCUT2D eigenvalue weighted by atomic mass is 9.90. The highest BCUT2D eigenvalue weighted by Crippen LogP contribution is 2.35. The highest BCUT2D eigenvalue weighted by molar-refractivity contribution is 5.81. The molecule has 5 heteroatoms. The summed E-state index contributed by atoms with van der Waals surface area (Å²) in [5.41, 5.74) is 6.44. The summed E-state index contributed by atoms with van der Waals surface area (Å²) in [6.45, 7) is 0.463. The Morgan fingerprint density at radius 2 is 2.33 bits per heavy atom. The van der Waals surface area contributed by atoms with Crippen LogP contribution in [0.15, 0.2) is 12.1 Å². The molecule has 1 atom stereocenters. The molecule has 80 valence electrons. The number of carbonyl (C=O) groups is 1. The molecule has 0 saturated heterocycles.